The van der Waals surface area contributed by atoms with Crippen molar-refractivity contribution in [3.63, 3.8) is 0 Å². The standard InChI is InChI=1S/C19H19FN4O2/c1-3-24-12-16(11-23-24)14-6-15(8-17(20)7-14)19(25)22-10-13-4-5-18(26-2)21-9-13/h4-9,11-12H,3,10H2,1-2H3,(H,22,25). The summed E-state index contributed by atoms with van der Waals surface area (Å²) < 4.78 is 20.7. The van der Waals surface area contributed by atoms with E-state index in [1.54, 1.807) is 29.2 Å². The highest BCUT2D eigenvalue weighted by Gasteiger charge is 2.11. The summed E-state index contributed by atoms with van der Waals surface area (Å²) in [6.07, 6.45) is 5.09. The quantitative estimate of drug-likeness (QED) is 0.739. The fourth-order valence-corrected chi connectivity index (χ4v) is 2.49. The molecule has 1 amide bonds. The summed E-state index contributed by atoms with van der Waals surface area (Å²) in [5, 5.41) is 6.95. The van der Waals surface area contributed by atoms with Crippen LogP contribution in [0.3, 0.4) is 0 Å². The van der Waals surface area contributed by atoms with E-state index in [1.807, 2.05) is 19.2 Å². The van der Waals surface area contributed by atoms with Crippen LogP contribution in [0.4, 0.5) is 4.39 Å². The van der Waals surface area contributed by atoms with Crippen molar-refractivity contribution in [2.24, 2.45) is 0 Å². The zero-order chi connectivity index (χ0) is 18.5. The SMILES string of the molecule is CCn1cc(-c2cc(F)cc(C(=O)NCc3ccc(OC)nc3)c2)cn1. The third-order valence-electron chi connectivity index (χ3n) is 3.91. The van der Waals surface area contributed by atoms with Crippen LogP contribution in [0.5, 0.6) is 5.88 Å². The number of carbonyl (C=O) groups is 1. The number of nitrogens with one attached hydrogen (secondary N) is 1. The lowest BCUT2D eigenvalue weighted by Gasteiger charge is -2.08. The van der Waals surface area contributed by atoms with E-state index in [2.05, 4.69) is 15.4 Å². The van der Waals surface area contributed by atoms with Crippen LogP contribution in [0.25, 0.3) is 11.1 Å². The lowest BCUT2D eigenvalue weighted by Crippen LogP contribution is -2.23. The van der Waals surface area contributed by atoms with Crippen LogP contribution >= 0.6 is 0 Å². The van der Waals surface area contributed by atoms with Gasteiger partial charge in [-0.1, -0.05) is 6.07 Å². The molecule has 0 saturated carbocycles. The van der Waals surface area contributed by atoms with Crippen LogP contribution in [0.1, 0.15) is 22.8 Å². The minimum Gasteiger partial charge on any atom is -0.481 e. The lowest BCUT2D eigenvalue weighted by atomic mass is 10.1. The number of ether oxygens (including phenoxy) is 1. The van der Waals surface area contributed by atoms with Crippen molar-refractivity contribution in [1.29, 1.82) is 0 Å². The van der Waals surface area contributed by atoms with E-state index >= 15 is 0 Å². The molecular weight excluding hydrogens is 335 g/mol. The van der Waals surface area contributed by atoms with Crippen molar-refractivity contribution in [1.82, 2.24) is 20.1 Å². The van der Waals surface area contributed by atoms with Gasteiger partial charge >= 0.3 is 0 Å². The lowest BCUT2D eigenvalue weighted by molar-refractivity contribution is 0.0950. The number of amides is 1. The molecule has 0 aliphatic carbocycles. The van der Waals surface area contributed by atoms with E-state index in [9.17, 15) is 9.18 Å². The Labute approximate surface area is 150 Å². The molecule has 3 rings (SSSR count). The van der Waals surface area contributed by atoms with Crippen molar-refractivity contribution >= 4 is 5.91 Å². The highest BCUT2D eigenvalue weighted by atomic mass is 19.1. The number of hydrogen-bond donors (Lipinski definition) is 1. The first kappa shape index (κ1) is 17.6. The molecule has 0 saturated heterocycles. The van der Waals surface area contributed by atoms with Gasteiger partial charge in [0.25, 0.3) is 5.91 Å². The molecule has 1 N–H and O–H groups in total. The van der Waals surface area contributed by atoms with Crippen LogP contribution in [-0.2, 0) is 13.1 Å². The fraction of sp³-hybridized carbons (Fsp3) is 0.211. The average molecular weight is 354 g/mol. The number of rotatable bonds is 6. The summed E-state index contributed by atoms with van der Waals surface area (Å²) in [6.45, 7) is 2.98. The molecule has 134 valence electrons. The molecule has 3 aromatic rings. The number of methoxy groups -OCH3 is 1. The van der Waals surface area contributed by atoms with Gasteiger partial charge in [0.05, 0.1) is 13.3 Å². The number of benzene rings is 1. The topological polar surface area (TPSA) is 69.0 Å². The van der Waals surface area contributed by atoms with Crippen molar-refractivity contribution in [3.8, 4) is 17.0 Å². The summed E-state index contributed by atoms with van der Waals surface area (Å²) >= 11 is 0. The predicted octanol–water partition coefficient (Wildman–Crippen LogP) is 3.04. The Morgan fingerprint density at radius 3 is 2.73 bits per heavy atom. The first-order valence-electron chi connectivity index (χ1n) is 8.19. The maximum atomic E-state index is 14.0. The summed E-state index contributed by atoms with van der Waals surface area (Å²) in [4.78, 5) is 16.5. The number of aryl methyl sites for hydroxylation is 1. The Morgan fingerprint density at radius 2 is 2.08 bits per heavy atom. The Bertz CT molecular complexity index is 906. The average Bonchev–Trinajstić information content (AvgIpc) is 3.15. The number of carbonyl (C=O) groups excluding carboxylic acids is 1. The summed E-state index contributed by atoms with van der Waals surface area (Å²) in [6, 6.07) is 7.79. The van der Waals surface area contributed by atoms with E-state index in [0.717, 1.165) is 17.7 Å². The van der Waals surface area contributed by atoms with Gasteiger partial charge in [0.1, 0.15) is 5.82 Å². The number of hydrogen-bond acceptors (Lipinski definition) is 4. The molecule has 0 bridgehead atoms. The Hall–Kier alpha value is -3.22. The number of aromatic nitrogens is 3. The molecule has 0 fully saturated rings. The molecule has 0 spiro atoms. The molecule has 0 aliphatic heterocycles. The smallest absolute Gasteiger partial charge is 0.251 e. The zero-order valence-corrected chi connectivity index (χ0v) is 14.6. The molecule has 0 unspecified atom stereocenters. The Kier molecular flexibility index (Phi) is 5.26. The molecule has 7 heteroatoms. The Balaban J connectivity index is 1.74. The minimum atomic E-state index is -0.469. The van der Waals surface area contributed by atoms with Gasteiger partial charge in [-0.15, -0.1) is 0 Å². The third-order valence-corrected chi connectivity index (χ3v) is 3.91. The second kappa shape index (κ2) is 7.77. The van der Waals surface area contributed by atoms with E-state index in [4.69, 9.17) is 4.74 Å². The third kappa shape index (κ3) is 4.05. The molecule has 2 heterocycles. The van der Waals surface area contributed by atoms with Gasteiger partial charge in [-0.25, -0.2) is 9.37 Å². The highest BCUT2D eigenvalue weighted by Crippen LogP contribution is 2.22. The number of pyridine rings is 1. The van der Waals surface area contributed by atoms with E-state index in [-0.39, 0.29) is 18.0 Å². The first-order valence-corrected chi connectivity index (χ1v) is 8.19. The van der Waals surface area contributed by atoms with Crippen molar-refractivity contribution < 1.29 is 13.9 Å². The van der Waals surface area contributed by atoms with E-state index in [1.165, 1.54) is 19.2 Å². The van der Waals surface area contributed by atoms with Crippen LogP contribution < -0.4 is 10.1 Å². The molecule has 26 heavy (non-hydrogen) atoms. The van der Waals surface area contributed by atoms with Gasteiger partial charge in [-0.05, 0) is 36.2 Å². The van der Waals surface area contributed by atoms with E-state index in [0.29, 0.717) is 11.4 Å². The molecule has 1 aromatic carbocycles. The second-order valence-corrected chi connectivity index (χ2v) is 5.70. The monoisotopic (exact) mass is 354 g/mol. The van der Waals surface area contributed by atoms with Crippen LogP contribution in [0.2, 0.25) is 0 Å². The van der Waals surface area contributed by atoms with Gasteiger partial charge in [0, 0.05) is 42.7 Å². The van der Waals surface area contributed by atoms with Gasteiger partial charge in [-0.3, -0.25) is 9.48 Å². The van der Waals surface area contributed by atoms with E-state index < -0.39 is 5.82 Å². The van der Waals surface area contributed by atoms with Gasteiger partial charge in [0.15, 0.2) is 0 Å². The Morgan fingerprint density at radius 1 is 1.23 bits per heavy atom. The second-order valence-electron chi connectivity index (χ2n) is 5.70. The molecule has 0 atom stereocenters. The molecular formula is C19H19FN4O2. The summed E-state index contributed by atoms with van der Waals surface area (Å²) in [5.74, 6) is -0.324. The minimum absolute atomic E-state index is 0.255. The maximum Gasteiger partial charge on any atom is 0.251 e. The van der Waals surface area contributed by atoms with Crippen LogP contribution in [0.15, 0.2) is 48.9 Å². The molecule has 0 aliphatic rings. The molecule has 2 aromatic heterocycles. The summed E-state index contributed by atoms with van der Waals surface area (Å²) in [7, 11) is 1.54. The predicted molar refractivity (Wildman–Crippen MR) is 95.3 cm³/mol. The fourth-order valence-electron chi connectivity index (χ4n) is 2.49. The molecule has 6 nitrogen and oxygen atoms in total. The van der Waals surface area contributed by atoms with Crippen molar-refractivity contribution in [2.75, 3.05) is 7.11 Å². The number of nitrogens with zero attached hydrogens (tertiary/aromatic N) is 3. The molecule has 0 radical (unpaired) electrons. The first-order chi connectivity index (χ1) is 12.6. The normalized spacial score (nSPS) is 10.6. The summed E-state index contributed by atoms with van der Waals surface area (Å²) in [5.41, 5.74) is 2.45. The maximum absolute atomic E-state index is 14.0. The largest absolute Gasteiger partial charge is 0.481 e. The van der Waals surface area contributed by atoms with Crippen LogP contribution in [-0.4, -0.2) is 27.8 Å². The van der Waals surface area contributed by atoms with Gasteiger partial charge in [-0.2, -0.15) is 5.10 Å². The van der Waals surface area contributed by atoms with Gasteiger partial charge < -0.3 is 10.1 Å². The zero-order valence-electron chi connectivity index (χ0n) is 14.6. The van der Waals surface area contributed by atoms with Crippen molar-refractivity contribution in [3.05, 3.63) is 65.9 Å². The van der Waals surface area contributed by atoms with Crippen molar-refractivity contribution in [2.45, 2.75) is 20.0 Å². The van der Waals surface area contributed by atoms with Gasteiger partial charge in [0.2, 0.25) is 5.88 Å². The highest BCUT2D eigenvalue weighted by molar-refractivity contribution is 5.95. The van der Waals surface area contributed by atoms with Crippen LogP contribution in [0, 0.1) is 5.82 Å². The number of halogens is 1.